The molecule has 29 heavy (non-hydrogen) atoms. The largest absolute Gasteiger partial charge is 0.463 e. The van der Waals surface area contributed by atoms with E-state index in [9.17, 15) is 0 Å². The fourth-order valence-corrected chi connectivity index (χ4v) is 4.08. The smallest absolute Gasteiger partial charge is 0.138 e. The molecule has 4 aromatic rings. The van der Waals surface area contributed by atoms with Gasteiger partial charge in [-0.25, -0.2) is 0 Å². The van der Waals surface area contributed by atoms with Gasteiger partial charge < -0.3 is 9.73 Å². The molecule has 1 N–H and O–H groups in total. The van der Waals surface area contributed by atoms with Gasteiger partial charge in [0.2, 0.25) is 0 Å². The molecule has 0 radical (unpaired) electrons. The molecule has 0 fully saturated rings. The van der Waals surface area contributed by atoms with Gasteiger partial charge in [-0.15, -0.1) is 0 Å². The minimum atomic E-state index is 0.533. The summed E-state index contributed by atoms with van der Waals surface area (Å²) in [6.07, 6.45) is 1.91. The summed E-state index contributed by atoms with van der Waals surface area (Å²) in [6.45, 7) is 11.8. The van der Waals surface area contributed by atoms with Crippen LogP contribution in [0.4, 0.5) is 5.69 Å². The van der Waals surface area contributed by atoms with E-state index in [1.54, 1.807) is 0 Å². The molecule has 0 amide bonds. The molecule has 0 unspecified atom stereocenters. The van der Waals surface area contributed by atoms with Crippen molar-refractivity contribution in [2.75, 3.05) is 5.32 Å². The van der Waals surface area contributed by atoms with E-state index in [-0.39, 0.29) is 0 Å². The number of hydrogen-bond donors (Lipinski definition) is 1. The van der Waals surface area contributed by atoms with Crippen molar-refractivity contribution < 1.29 is 4.42 Å². The zero-order chi connectivity index (χ0) is 20.5. The Labute approximate surface area is 173 Å². The molecule has 1 aromatic heterocycles. The summed E-state index contributed by atoms with van der Waals surface area (Å²) < 4.78 is 6.06. The standard InChI is InChI=1S/C27H29NO/c1-17(2)22-11-13-23(14-12-22)24-16-29-27-19(4)18(3)26(20(5)25(24)27)28-15-21-9-7-6-8-10-21/h6-14,16-17,28H,15H2,1-5H3. The molecule has 2 nitrogen and oxygen atoms in total. The van der Waals surface area contributed by atoms with Crippen LogP contribution in [0.25, 0.3) is 22.1 Å². The molecule has 4 rings (SSSR count). The Morgan fingerprint density at radius 1 is 0.828 bits per heavy atom. The average Bonchev–Trinajstić information content (AvgIpc) is 3.18. The highest BCUT2D eigenvalue weighted by molar-refractivity contribution is 6.01. The van der Waals surface area contributed by atoms with Crippen LogP contribution in [0.2, 0.25) is 0 Å². The Morgan fingerprint density at radius 2 is 1.52 bits per heavy atom. The predicted molar refractivity (Wildman–Crippen MR) is 124 cm³/mol. The summed E-state index contributed by atoms with van der Waals surface area (Å²) in [5, 5.41) is 4.89. The molecule has 0 atom stereocenters. The number of benzene rings is 3. The van der Waals surface area contributed by atoms with Crippen LogP contribution >= 0.6 is 0 Å². The van der Waals surface area contributed by atoms with Gasteiger partial charge in [0.15, 0.2) is 0 Å². The summed E-state index contributed by atoms with van der Waals surface area (Å²) in [5.41, 5.74) is 10.9. The Morgan fingerprint density at radius 3 is 2.17 bits per heavy atom. The van der Waals surface area contributed by atoms with E-state index in [0.29, 0.717) is 5.92 Å². The fraction of sp³-hybridized carbons (Fsp3) is 0.259. The Hall–Kier alpha value is -3.00. The second kappa shape index (κ2) is 7.79. The molecule has 0 bridgehead atoms. The number of aryl methyl sites for hydroxylation is 2. The highest BCUT2D eigenvalue weighted by Crippen LogP contribution is 2.40. The van der Waals surface area contributed by atoms with Crippen molar-refractivity contribution in [3.63, 3.8) is 0 Å². The van der Waals surface area contributed by atoms with Crippen LogP contribution in [0, 0.1) is 20.8 Å². The lowest BCUT2D eigenvalue weighted by Gasteiger charge is -2.17. The van der Waals surface area contributed by atoms with E-state index in [2.05, 4.69) is 94.5 Å². The van der Waals surface area contributed by atoms with Crippen molar-refractivity contribution in [2.45, 2.75) is 47.1 Å². The van der Waals surface area contributed by atoms with Crippen LogP contribution in [0.3, 0.4) is 0 Å². The van der Waals surface area contributed by atoms with Crippen LogP contribution in [-0.2, 0) is 6.54 Å². The van der Waals surface area contributed by atoms with Gasteiger partial charge in [0.25, 0.3) is 0 Å². The number of anilines is 1. The lowest BCUT2D eigenvalue weighted by molar-refractivity contribution is 0.614. The highest BCUT2D eigenvalue weighted by Gasteiger charge is 2.19. The number of fused-ring (bicyclic) bond motifs is 1. The molecule has 148 valence electrons. The zero-order valence-corrected chi connectivity index (χ0v) is 18.0. The van der Waals surface area contributed by atoms with Gasteiger partial charge in [-0.1, -0.05) is 68.4 Å². The molecule has 2 heteroatoms. The first-order chi connectivity index (χ1) is 14.0. The maximum atomic E-state index is 6.06. The molecule has 0 saturated heterocycles. The van der Waals surface area contributed by atoms with Gasteiger partial charge in [-0.3, -0.25) is 0 Å². The lowest BCUT2D eigenvalue weighted by Crippen LogP contribution is -2.04. The van der Waals surface area contributed by atoms with Crippen LogP contribution in [-0.4, -0.2) is 0 Å². The van der Waals surface area contributed by atoms with Crippen molar-refractivity contribution in [3.8, 4) is 11.1 Å². The van der Waals surface area contributed by atoms with Gasteiger partial charge >= 0.3 is 0 Å². The summed E-state index contributed by atoms with van der Waals surface area (Å²) in [6, 6.07) is 19.4. The topological polar surface area (TPSA) is 25.2 Å². The molecule has 3 aromatic carbocycles. The number of furan rings is 1. The molecule has 0 aliphatic carbocycles. The third kappa shape index (κ3) is 3.55. The average molecular weight is 384 g/mol. The molecular weight excluding hydrogens is 354 g/mol. The third-order valence-corrected chi connectivity index (χ3v) is 6.02. The van der Waals surface area contributed by atoms with Crippen molar-refractivity contribution in [1.29, 1.82) is 0 Å². The van der Waals surface area contributed by atoms with Crippen LogP contribution in [0.5, 0.6) is 0 Å². The number of rotatable bonds is 5. The Balaban J connectivity index is 1.79. The van der Waals surface area contributed by atoms with E-state index < -0.39 is 0 Å². The second-order valence-electron chi connectivity index (χ2n) is 8.22. The monoisotopic (exact) mass is 383 g/mol. The first kappa shape index (κ1) is 19.3. The van der Waals surface area contributed by atoms with Crippen LogP contribution in [0.15, 0.2) is 65.3 Å². The summed E-state index contributed by atoms with van der Waals surface area (Å²) >= 11 is 0. The lowest BCUT2D eigenvalue weighted by atomic mass is 9.93. The second-order valence-corrected chi connectivity index (χ2v) is 8.22. The Kier molecular flexibility index (Phi) is 5.19. The summed E-state index contributed by atoms with van der Waals surface area (Å²) in [7, 11) is 0. The quantitative estimate of drug-likeness (QED) is 0.381. The fourth-order valence-electron chi connectivity index (χ4n) is 4.08. The third-order valence-electron chi connectivity index (χ3n) is 6.02. The van der Waals surface area contributed by atoms with Crippen molar-refractivity contribution in [2.24, 2.45) is 0 Å². The van der Waals surface area contributed by atoms with Gasteiger partial charge in [0, 0.05) is 23.2 Å². The highest BCUT2D eigenvalue weighted by atomic mass is 16.3. The molecule has 0 spiro atoms. The van der Waals surface area contributed by atoms with E-state index >= 15 is 0 Å². The van der Waals surface area contributed by atoms with Gasteiger partial charge in [0.1, 0.15) is 5.58 Å². The normalized spacial score (nSPS) is 11.4. The first-order valence-corrected chi connectivity index (χ1v) is 10.4. The predicted octanol–water partition coefficient (Wildman–Crippen LogP) is 7.76. The van der Waals surface area contributed by atoms with E-state index in [4.69, 9.17) is 4.42 Å². The maximum Gasteiger partial charge on any atom is 0.138 e. The molecular formula is C27H29NO. The van der Waals surface area contributed by atoms with Gasteiger partial charge in [0.05, 0.1) is 6.26 Å². The summed E-state index contributed by atoms with van der Waals surface area (Å²) in [5.74, 6) is 0.533. The number of nitrogens with one attached hydrogen (secondary N) is 1. The van der Waals surface area contributed by atoms with Crippen molar-refractivity contribution in [3.05, 3.63) is 88.7 Å². The molecule has 0 aliphatic rings. The SMILES string of the molecule is Cc1c(NCc2ccccc2)c(C)c2c(-c3ccc(C(C)C)cc3)coc2c1C. The molecule has 0 aliphatic heterocycles. The molecule has 0 saturated carbocycles. The van der Waals surface area contributed by atoms with Gasteiger partial charge in [-0.05, 0) is 60.1 Å². The minimum Gasteiger partial charge on any atom is -0.463 e. The van der Waals surface area contributed by atoms with Gasteiger partial charge in [-0.2, -0.15) is 0 Å². The van der Waals surface area contributed by atoms with E-state index in [1.165, 1.54) is 50.0 Å². The van der Waals surface area contributed by atoms with Crippen molar-refractivity contribution >= 4 is 16.7 Å². The van der Waals surface area contributed by atoms with Crippen molar-refractivity contribution in [1.82, 2.24) is 0 Å². The first-order valence-electron chi connectivity index (χ1n) is 10.4. The number of hydrogen-bond acceptors (Lipinski definition) is 2. The maximum absolute atomic E-state index is 6.06. The van der Waals surface area contributed by atoms with Crippen LogP contribution < -0.4 is 5.32 Å². The van der Waals surface area contributed by atoms with Crippen LogP contribution in [0.1, 0.15) is 47.6 Å². The minimum absolute atomic E-state index is 0.533. The summed E-state index contributed by atoms with van der Waals surface area (Å²) in [4.78, 5) is 0. The van der Waals surface area contributed by atoms with E-state index in [1.807, 2.05) is 6.26 Å². The Bertz CT molecular complexity index is 1140. The zero-order valence-electron chi connectivity index (χ0n) is 18.0. The van der Waals surface area contributed by atoms with E-state index in [0.717, 1.165) is 12.1 Å². The molecule has 1 heterocycles.